The number of rotatable bonds is 3. The van der Waals surface area contributed by atoms with Crippen LogP contribution in [0.1, 0.15) is 5.82 Å². The molecular formula is C6H8N6O2S. The van der Waals surface area contributed by atoms with E-state index in [2.05, 4.69) is 30.1 Å². The molecule has 0 aromatic carbocycles. The van der Waals surface area contributed by atoms with E-state index >= 15 is 0 Å². The smallest absolute Gasteiger partial charge is 0.266 e. The molecule has 2 heterocycles. The molecule has 2 rings (SSSR count). The summed E-state index contributed by atoms with van der Waals surface area (Å²) in [5.74, 6) is 0.527. The monoisotopic (exact) mass is 228 g/mol. The van der Waals surface area contributed by atoms with Crippen molar-refractivity contribution in [1.29, 1.82) is 0 Å². The number of aryl methyl sites for hydroxylation is 1. The van der Waals surface area contributed by atoms with E-state index in [0.29, 0.717) is 5.82 Å². The first-order chi connectivity index (χ1) is 7.08. The molecule has 0 saturated carbocycles. The number of H-pyrrole nitrogens is 2. The summed E-state index contributed by atoms with van der Waals surface area (Å²) >= 11 is 0. The minimum absolute atomic E-state index is 0.00194. The third-order valence-corrected chi connectivity index (χ3v) is 2.85. The van der Waals surface area contributed by atoms with E-state index in [1.165, 1.54) is 12.3 Å². The molecule has 15 heavy (non-hydrogen) atoms. The fourth-order valence-corrected chi connectivity index (χ4v) is 1.81. The first-order valence-electron chi connectivity index (χ1n) is 3.99. The van der Waals surface area contributed by atoms with Crippen LogP contribution in [0.3, 0.4) is 0 Å². The van der Waals surface area contributed by atoms with Crippen molar-refractivity contribution in [3.8, 4) is 0 Å². The Balaban J connectivity index is 2.26. The summed E-state index contributed by atoms with van der Waals surface area (Å²) in [5, 5.41) is 12.0. The van der Waals surface area contributed by atoms with Crippen molar-refractivity contribution in [2.45, 2.75) is 11.9 Å². The second-order valence-electron chi connectivity index (χ2n) is 2.77. The summed E-state index contributed by atoms with van der Waals surface area (Å²) in [6, 6.07) is 1.34. The Kier molecular flexibility index (Phi) is 2.15. The number of aromatic nitrogens is 5. The van der Waals surface area contributed by atoms with Crippen molar-refractivity contribution in [1.82, 2.24) is 25.4 Å². The first-order valence-corrected chi connectivity index (χ1v) is 5.47. The van der Waals surface area contributed by atoms with Gasteiger partial charge in [-0.1, -0.05) is 0 Å². The second kappa shape index (κ2) is 3.35. The summed E-state index contributed by atoms with van der Waals surface area (Å²) < 4.78 is 25.4. The molecular weight excluding hydrogens is 220 g/mol. The fraction of sp³-hybridized carbons (Fsp3) is 0.167. The van der Waals surface area contributed by atoms with Crippen LogP contribution in [0.4, 0.5) is 5.95 Å². The largest absolute Gasteiger partial charge is 0.281 e. The third-order valence-electron chi connectivity index (χ3n) is 1.59. The van der Waals surface area contributed by atoms with E-state index < -0.39 is 10.0 Å². The molecule has 8 nitrogen and oxygen atoms in total. The summed E-state index contributed by atoms with van der Waals surface area (Å²) in [7, 11) is -3.67. The average molecular weight is 228 g/mol. The number of nitrogens with one attached hydrogen (secondary N) is 3. The molecule has 0 radical (unpaired) electrons. The molecule has 0 aliphatic heterocycles. The van der Waals surface area contributed by atoms with Gasteiger partial charge in [-0.15, -0.1) is 5.10 Å². The van der Waals surface area contributed by atoms with Gasteiger partial charge in [0.1, 0.15) is 5.82 Å². The maximum Gasteiger partial charge on any atom is 0.281 e. The van der Waals surface area contributed by atoms with Crippen molar-refractivity contribution >= 4 is 16.0 Å². The van der Waals surface area contributed by atoms with Crippen molar-refractivity contribution in [3.05, 3.63) is 18.1 Å². The van der Waals surface area contributed by atoms with E-state index in [4.69, 9.17) is 0 Å². The predicted octanol–water partition coefficient (Wildman–Crippen LogP) is -0.363. The Labute approximate surface area is 85.2 Å². The van der Waals surface area contributed by atoms with Crippen LogP contribution in [0.5, 0.6) is 0 Å². The lowest BCUT2D eigenvalue weighted by molar-refractivity contribution is 0.596. The number of aromatic amines is 2. The van der Waals surface area contributed by atoms with Gasteiger partial charge in [-0.25, -0.2) is 4.72 Å². The lowest BCUT2D eigenvalue weighted by Gasteiger charge is -1.99. The molecule has 3 N–H and O–H groups in total. The molecule has 0 unspecified atom stereocenters. The molecule has 0 atom stereocenters. The zero-order valence-electron chi connectivity index (χ0n) is 7.72. The fourth-order valence-electron chi connectivity index (χ4n) is 0.956. The summed E-state index contributed by atoms with van der Waals surface area (Å²) in [4.78, 5) is 3.81. The molecule has 0 aliphatic rings. The van der Waals surface area contributed by atoms with Gasteiger partial charge in [0.25, 0.3) is 16.0 Å². The van der Waals surface area contributed by atoms with Crippen LogP contribution in [0.15, 0.2) is 17.3 Å². The lowest BCUT2D eigenvalue weighted by Crippen LogP contribution is -2.14. The maximum absolute atomic E-state index is 11.6. The maximum atomic E-state index is 11.6. The van der Waals surface area contributed by atoms with Crippen molar-refractivity contribution in [3.63, 3.8) is 0 Å². The van der Waals surface area contributed by atoms with Gasteiger partial charge in [0.05, 0.1) is 6.20 Å². The van der Waals surface area contributed by atoms with Gasteiger partial charge in [0.2, 0.25) is 0 Å². The quantitative estimate of drug-likeness (QED) is 0.663. The number of hydrogen-bond donors (Lipinski definition) is 3. The topological polar surface area (TPSA) is 116 Å². The Morgan fingerprint density at radius 3 is 2.73 bits per heavy atom. The Morgan fingerprint density at radius 2 is 2.20 bits per heavy atom. The van der Waals surface area contributed by atoms with Gasteiger partial charge in [0.15, 0.2) is 5.03 Å². The highest BCUT2D eigenvalue weighted by atomic mass is 32.2. The molecule has 2 aromatic heterocycles. The summed E-state index contributed by atoms with van der Waals surface area (Å²) in [6.07, 6.45) is 1.35. The van der Waals surface area contributed by atoms with Gasteiger partial charge in [-0.2, -0.15) is 18.5 Å². The highest BCUT2D eigenvalue weighted by Crippen LogP contribution is 2.08. The van der Waals surface area contributed by atoms with Crippen LogP contribution in [-0.4, -0.2) is 33.8 Å². The van der Waals surface area contributed by atoms with E-state index in [-0.39, 0.29) is 11.0 Å². The molecule has 9 heteroatoms. The summed E-state index contributed by atoms with van der Waals surface area (Å²) in [6.45, 7) is 1.67. The molecule has 0 aliphatic carbocycles. The Morgan fingerprint density at radius 1 is 1.40 bits per heavy atom. The second-order valence-corrected chi connectivity index (χ2v) is 4.42. The van der Waals surface area contributed by atoms with Crippen molar-refractivity contribution < 1.29 is 8.42 Å². The molecule has 2 aromatic rings. The number of nitrogens with zero attached hydrogens (tertiary/aromatic N) is 3. The minimum Gasteiger partial charge on any atom is -0.266 e. The van der Waals surface area contributed by atoms with Crippen LogP contribution in [0.25, 0.3) is 0 Å². The van der Waals surface area contributed by atoms with Gasteiger partial charge in [-0.3, -0.25) is 10.2 Å². The average Bonchev–Trinajstić information content (AvgIpc) is 2.75. The standard InChI is InChI=1S/C6H8N6O2S/c1-4-8-6(11-9-4)12-15(13,14)5-2-3-7-10-5/h2-3H,1H3,(H,7,10)(H2,8,9,11,12). The van der Waals surface area contributed by atoms with Crippen LogP contribution >= 0.6 is 0 Å². The van der Waals surface area contributed by atoms with Crippen LogP contribution < -0.4 is 4.72 Å². The van der Waals surface area contributed by atoms with Gasteiger partial charge < -0.3 is 0 Å². The van der Waals surface area contributed by atoms with Gasteiger partial charge in [-0.05, 0) is 13.0 Å². The molecule has 0 amide bonds. The van der Waals surface area contributed by atoms with Gasteiger partial charge >= 0.3 is 0 Å². The predicted molar refractivity (Wildman–Crippen MR) is 50.5 cm³/mol. The first kappa shape index (κ1) is 9.65. The molecule has 0 saturated heterocycles. The van der Waals surface area contributed by atoms with E-state index in [9.17, 15) is 8.42 Å². The highest BCUT2D eigenvalue weighted by molar-refractivity contribution is 7.92. The Hall–Kier alpha value is -1.90. The van der Waals surface area contributed by atoms with Crippen molar-refractivity contribution in [2.75, 3.05) is 4.72 Å². The summed E-state index contributed by atoms with van der Waals surface area (Å²) in [5.41, 5.74) is 0. The zero-order valence-corrected chi connectivity index (χ0v) is 8.54. The van der Waals surface area contributed by atoms with E-state index in [0.717, 1.165) is 0 Å². The molecule has 80 valence electrons. The SMILES string of the molecule is Cc1nc(NS(=O)(=O)c2ccn[nH]2)n[nH]1. The van der Waals surface area contributed by atoms with Crippen LogP contribution in [-0.2, 0) is 10.0 Å². The molecule has 0 spiro atoms. The van der Waals surface area contributed by atoms with Crippen LogP contribution in [0.2, 0.25) is 0 Å². The number of sulfonamides is 1. The Bertz CT molecular complexity index is 542. The normalized spacial score (nSPS) is 11.5. The minimum atomic E-state index is -3.67. The molecule has 0 bridgehead atoms. The van der Waals surface area contributed by atoms with E-state index in [1.54, 1.807) is 6.92 Å². The lowest BCUT2D eigenvalue weighted by atomic mass is 10.8. The molecule has 0 fully saturated rings. The van der Waals surface area contributed by atoms with Crippen LogP contribution in [0, 0.1) is 6.92 Å². The highest BCUT2D eigenvalue weighted by Gasteiger charge is 2.17. The van der Waals surface area contributed by atoms with Gasteiger partial charge in [0, 0.05) is 0 Å². The van der Waals surface area contributed by atoms with E-state index in [1.807, 2.05) is 0 Å². The van der Waals surface area contributed by atoms with Crippen molar-refractivity contribution in [2.24, 2.45) is 0 Å². The zero-order chi connectivity index (χ0) is 10.9. The number of hydrogen-bond acceptors (Lipinski definition) is 5. The number of anilines is 1. The third kappa shape index (κ3) is 1.96.